The van der Waals surface area contributed by atoms with Crippen LogP contribution >= 0.6 is 11.3 Å². The lowest BCUT2D eigenvalue weighted by molar-refractivity contribution is -0.126. The molecule has 2 aromatic heterocycles. The van der Waals surface area contributed by atoms with E-state index in [9.17, 15) is 14.4 Å². The molecule has 0 aliphatic carbocycles. The lowest BCUT2D eigenvalue weighted by Crippen LogP contribution is -2.48. The van der Waals surface area contributed by atoms with E-state index in [2.05, 4.69) is 10.6 Å². The average Bonchev–Trinajstić information content (AvgIpc) is 3.60. The summed E-state index contributed by atoms with van der Waals surface area (Å²) >= 11 is 1.30. The molecule has 0 spiro atoms. The lowest BCUT2D eigenvalue weighted by Gasteiger charge is -2.34. The van der Waals surface area contributed by atoms with Crippen LogP contribution in [0.25, 0.3) is 0 Å². The molecule has 0 aliphatic heterocycles. The Bertz CT molecular complexity index is 1390. The second-order valence-corrected chi connectivity index (χ2v) is 10.2. The summed E-state index contributed by atoms with van der Waals surface area (Å²) in [5.74, 6) is -0.490. The number of aryl methyl sites for hydroxylation is 4. The van der Waals surface area contributed by atoms with Crippen LogP contribution in [0.2, 0.25) is 0 Å². The zero-order valence-corrected chi connectivity index (χ0v) is 22.7. The Labute approximate surface area is 226 Å². The van der Waals surface area contributed by atoms with Gasteiger partial charge in [0.15, 0.2) is 0 Å². The number of hydrogen-bond donors (Lipinski definition) is 2. The zero-order valence-electron chi connectivity index (χ0n) is 21.9. The topological polar surface area (TPSA) is 91.7 Å². The Morgan fingerprint density at radius 1 is 0.895 bits per heavy atom. The van der Waals surface area contributed by atoms with Crippen LogP contribution in [0, 0.1) is 27.7 Å². The molecule has 2 aromatic carbocycles. The van der Waals surface area contributed by atoms with Crippen molar-refractivity contribution in [1.82, 2.24) is 10.6 Å². The van der Waals surface area contributed by atoms with Gasteiger partial charge in [-0.25, -0.2) is 0 Å². The van der Waals surface area contributed by atoms with E-state index < -0.39 is 11.9 Å². The third-order valence-corrected chi connectivity index (χ3v) is 7.08. The van der Waals surface area contributed by atoms with Crippen molar-refractivity contribution in [3.05, 3.63) is 111 Å². The minimum atomic E-state index is -0.975. The van der Waals surface area contributed by atoms with Crippen LogP contribution in [0.5, 0.6) is 0 Å². The summed E-state index contributed by atoms with van der Waals surface area (Å²) in [5.41, 5.74) is 5.10. The van der Waals surface area contributed by atoms with E-state index in [4.69, 9.17) is 4.42 Å². The van der Waals surface area contributed by atoms with Crippen molar-refractivity contribution >= 4 is 34.7 Å². The van der Waals surface area contributed by atoms with E-state index in [0.29, 0.717) is 21.9 Å². The van der Waals surface area contributed by atoms with Gasteiger partial charge in [-0.15, -0.1) is 11.3 Å². The number of furan rings is 1. The smallest absolute Gasteiger partial charge is 0.261 e. The first kappa shape index (κ1) is 26.9. The summed E-state index contributed by atoms with van der Waals surface area (Å²) in [6.07, 6.45) is 1.55. The van der Waals surface area contributed by atoms with Gasteiger partial charge in [0, 0.05) is 0 Å². The number of carbonyl (C=O) groups is 3. The van der Waals surface area contributed by atoms with E-state index in [1.165, 1.54) is 16.2 Å². The van der Waals surface area contributed by atoms with Crippen LogP contribution in [-0.2, 0) is 16.1 Å². The average molecular weight is 530 g/mol. The standard InChI is InChI=1S/C30H31N3O4S/c1-19-9-11-23(12-10-19)28(30(36)31-17-24-7-5-13-37-24)33(27-21(3)15-20(2)16-22(27)4)26(34)18-32-29(35)25-8-6-14-38-25/h5-16,28H,17-18H2,1-4H3,(H,31,36)(H,32,35)/t28-/m1/s1. The number of thiophene rings is 1. The fourth-order valence-corrected chi connectivity index (χ4v) is 5.18. The van der Waals surface area contributed by atoms with Gasteiger partial charge in [-0.2, -0.15) is 0 Å². The summed E-state index contributed by atoms with van der Waals surface area (Å²) in [7, 11) is 0. The van der Waals surface area contributed by atoms with Gasteiger partial charge < -0.3 is 15.1 Å². The number of rotatable bonds is 9. The number of carbonyl (C=O) groups excluding carboxylic acids is 3. The highest BCUT2D eigenvalue weighted by molar-refractivity contribution is 7.12. The summed E-state index contributed by atoms with van der Waals surface area (Å²) in [4.78, 5) is 42.4. The van der Waals surface area contributed by atoms with Crippen LogP contribution < -0.4 is 15.5 Å². The van der Waals surface area contributed by atoms with E-state index in [0.717, 1.165) is 22.3 Å². The van der Waals surface area contributed by atoms with Crippen molar-refractivity contribution in [3.63, 3.8) is 0 Å². The second-order valence-electron chi connectivity index (χ2n) is 9.28. The largest absolute Gasteiger partial charge is 0.467 e. The fourth-order valence-electron chi connectivity index (χ4n) is 4.54. The summed E-state index contributed by atoms with van der Waals surface area (Å²) in [5, 5.41) is 7.46. The first-order valence-corrected chi connectivity index (χ1v) is 13.2. The molecule has 0 bridgehead atoms. The predicted octanol–water partition coefficient (Wildman–Crippen LogP) is 5.40. The third-order valence-electron chi connectivity index (χ3n) is 6.21. The molecule has 0 aliphatic rings. The van der Waals surface area contributed by atoms with E-state index in [1.807, 2.05) is 64.1 Å². The van der Waals surface area contributed by atoms with Crippen LogP contribution in [0.3, 0.4) is 0 Å². The normalized spacial score (nSPS) is 11.6. The van der Waals surface area contributed by atoms with Crippen LogP contribution in [0.4, 0.5) is 5.69 Å². The molecule has 0 radical (unpaired) electrons. The number of amides is 3. The molecule has 38 heavy (non-hydrogen) atoms. The second kappa shape index (κ2) is 11.9. The first-order valence-electron chi connectivity index (χ1n) is 12.3. The lowest BCUT2D eigenvalue weighted by atomic mass is 9.98. The molecule has 0 saturated carbocycles. The molecule has 196 valence electrons. The molecule has 8 heteroatoms. The predicted molar refractivity (Wildman–Crippen MR) is 149 cm³/mol. The third kappa shape index (κ3) is 6.20. The SMILES string of the molecule is Cc1ccc([C@H](C(=O)NCc2ccco2)N(C(=O)CNC(=O)c2cccs2)c2c(C)cc(C)cc2C)cc1. The fraction of sp³-hybridized carbons (Fsp3) is 0.233. The first-order chi connectivity index (χ1) is 18.2. The molecular weight excluding hydrogens is 498 g/mol. The number of benzene rings is 2. The zero-order chi connectivity index (χ0) is 27.2. The van der Waals surface area contributed by atoms with E-state index >= 15 is 0 Å². The van der Waals surface area contributed by atoms with Gasteiger partial charge in [-0.05, 0) is 68.0 Å². The van der Waals surface area contributed by atoms with Crippen molar-refractivity contribution in [1.29, 1.82) is 0 Å². The van der Waals surface area contributed by atoms with Crippen molar-refractivity contribution in [2.24, 2.45) is 0 Å². The Kier molecular flexibility index (Phi) is 8.43. The van der Waals surface area contributed by atoms with Crippen LogP contribution in [-0.4, -0.2) is 24.3 Å². The Morgan fingerprint density at radius 3 is 2.21 bits per heavy atom. The Morgan fingerprint density at radius 2 is 1.61 bits per heavy atom. The molecule has 7 nitrogen and oxygen atoms in total. The van der Waals surface area contributed by atoms with Crippen LogP contribution in [0.1, 0.15) is 49.3 Å². The highest BCUT2D eigenvalue weighted by Gasteiger charge is 2.34. The summed E-state index contributed by atoms with van der Waals surface area (Å²) < 4.78 is 5.39. The maximum Gasteiger partial charge on any atom is 0.261 e. The molecular formula is C30H31N3O4S. The van der Waals surface area contributed by atoms with Gasteiger partial charge in [0.25, 0.3) is 5.91 Å². The molecule has 0 saturated heterocycles. The van der Waals surface area contributed by atoms with Crippen molar-refractivity contribution in [2.45, 2.75) is 40.3 Å². The molecule has 2 heterocycles. The van der Waals surface area contributed by atoms with E-state index in [-0.39, 0.29) is 24.9 Å². The van der Waals surface area contributed by atoms with Gasteiger partial charge in [-0.1, -0.05) is 53.6 Å². The van der Waals surface area contributed by atoms with Gasteiger partial charge in [-0.3, -0.25) is 19.3 Å². The van der Waals surface area contributed by atoms with Gasteiger partial charge in [0.2, 0.25) is 11.8 Å². The quantitative estimate of drug-likeness (QED) is 0.304. The highest BCUT2D eigenvalue weighted by atomic mass is 32.1. The molecule has 2 N–H and O–H groups in total. The van der Waals surface area contributed by atoms with Crippen molar-refractivity contribution in [3.8, 4) is 0 Å². The Balaban J connectivity index is 1.75. The Hall–Kier alpha value is -4.17. The molecule has 4 aromatic rings. The number of nitrogens with zero attached hydrogens (tertiary/aromatic N) is 1. The van der Waals surface area contributed by atoms with Crippen molar-refractivity contribution in [2.75, 3.05) is 11.4 Å². The number of nitrogens with one attached hydrogen (secondary N) is 2. The molecule has 0 fully saturated rings. The van der Waals surface area contributed by atoms with Gasteiger partial charge >= 0.3 is 0 Å². The van der Waals surface area contributed by atoms with Crippen molar-refractivity contribution < 1.29 is 18.8 Å². The maximum atomic E-state index is 13.9. The maximum absolute atomic E-state index is 13.9. The summed E-state index contributed by atoms with van der Waals surface area (Å²) in [6.45, 7) is 7.71. The van der Waals surface area contributed by atoms with E-state index in [1.54, 1.807) is 35.9 Å². The van der Waals surface area contributed by atoms with Gasteiger partial charge in [0.05, 0.1) is 29.9 Å². The van der Waals surface area contributed by atoms with Gasteiger partial charge in [0.1, 0.15) is 11.8 Å². The summed E-state index contributed by atoms with van der Waals surface area (Å²) in [6, 6.07) is 17.6. The molecule has 4 rings (SSSR count). The van der Waals surface area contributed by atoms with Crippen LogP contribution in [0.15, 0.2) is 76.7 Å². The number of hydrogen-bond acceptors (Lipinski definition) is 5. The minimum absolute atomic E-state index is 0.178. The minimum Gasteiger partial charge on any atom is -0.467 e. The number of anilines is 1. The molecule has 3 amide bonds. The molecule has 1 atom stereocenters. The monoisotopic (exact) mass is 529 g/mol. The highest BCUT2D eigenvalue weighted by Crippen LogP contribution is 2.34. The molecule has 0 unspecified atom stereocenters.